The molecule has 1 atom stereocenters. The zero-order valence-corrected chi connectivity index (χ0v) is 16.6. The van der Waals surface area contributed by atoms with Crippen LogP contribution < -0.4 is 10.1 Å². The highest BCUT2D eigenvalue weighted by molar-refractivity contribution is 6.30. The normalized spacial score (nSPS) is 20.7. The van der Waals surface area contributed by atoms with Crippen LogP contribution in [0.25, 0.3) is 0 Å². The number of amides is 1. The van der Waals surface area contributed by atoms with Gasteiger partial charge in [0.25, 0.3) is 0 Å². The number of hydrogen-bond acceptors (Lipinski definition) is 3. The highest BCUT2D eigenvalue weighted by atomic mass is 35.5. The van der Waals surface area contributed by atoms with Gasteiger partial charge in [-0.2, -0.15) is 13.2 Å². The minimum absolute atomic E-state index is 0.0785. The molecule has 0 bridgehead atoms. The van der Waals surface area contributed by atoms with Gasteiger partial charge in [-0.3, -0.25) is 9.78 Å². The number of carbonyl (C=O) groups is 1. The van der Waals surface area contributed by atoms with Gasteiger partial charge in [-0.05, 0) is 61.9 Å². The number of carbonyl (C=O) groups excluding carboxylic acids is 1. The molecule has 1 fully saturated rings. The lowest BCUT2D eigenvalue weighted by atomic mass is 9.79. The lowest BCUT2D eigenvalue weighted by Crippen LogP contribution is -2.32. The summed E-state index contributed by atoms with van der Waals surface area (Å²) < 4.78 is 44.9. The first kappa shape index (κ1) is 21.4. The van der Waals surface area contributed by atoms with Gasteiger partial charge < -0.3 is 10.1 Å². The Kier molecular flexibility index (Phi) is 6.67. The third kappa shape index (κ3) is 5.63. The lowest BCUT2D eigenvalue weighted by Gasteiger charge is -2.32. The zero-order chi connectivity index (χ0) is 21.0. The number of alkyl halides is 3. The minimum atomic E-state index is -4.50. The molecule has 156 valence electrons. The van der Waals surface area contributed by atoms with E-state index in [0.717, 1.165) is 6.20 Å². The van der Waals surface area contributed by atoms with Crippen LogP contribution in [0.1, 0.15) is 38.2 Å². The standard InChI is InChI=1S/C21H22ClF3N2O2/c1-13(20(28)27-16-6-4-15(22)5-7-16)14-2-8-17(9-3-14)29-19-10-11-26-12-18(19)21(23,24)25/h4-7,10-14,17H,2-3,8-9H2,1H3,(H,27,28)/t13?,14-,17-. The van der Waals surface area contributed by atoms with Crippen molar-refractivity contribution in [2.75, 3.05) is 5.32 Å². The molecule has 1 N–H and O–H groups in total. The number of hydrogen-bond donors (Lipinski definition) is 1. The molecule has 0 radical (unpaired) electrons. The maximum absolute atomic E-state index is 13.1. The first-order valence-electron chi connectivity index (χ1n) is 9.48. The number of halogens is 4. The van der Waals surface area contributed by atoms with Crippen LogP contribution in [0.4, 0.5) is 18.9 Å². The van der Waals surface area contributed by atoms with Gasteiger partial charge in [0.1, 0.15) is 11.3 Å². The summed E-state index contributed by atoms with van der Waals surface area (Å²) in [6.45, 7) is 1.88. The van der Waals surface area contributed by atoms with Crippen molar-refractivity contribution < 1.29 is 22.7 Å². The quantitative estimate of drug-likeness (QED) is 0.641. The molecule has 1 unspecified atom stereocenters. The van der Waals surface area contributed by atoms with Gasteiger partial charge in [-0.1, -0.05) is 18.5 Å². The largest absolute Gasteiger partial charge is 0.490 e. The predicted octanol–water partition coefficient (Wildman–Crippen LogP) is 5.97. The van der Waals surface area contributed by atoms with Crippen LogP contribution in [-0.2, 0) is 11.0 Å². The molecule has 2 aromatic rings. The average molecular weight is 427 g/mol. The Labute approximate surface area is 172 Å². The van der Waals surface area contributed by atoms with E-state index in [0.29, 0.717) is 36.4 Å². The second kappa shape index (κ2) is 9.03. The van der Waals surface area contributed by atoms with Gasteiger partial charge in [0.05, 0.1) is 6.10 Å². The fourth-order valence-electron chi connectivity index (χ4n) is 3.59. The van der Waals surface area contributed by atoms with Crippen LogP contribution in [-0.4, -0.2) is 17.0 Å². The number of rotatable bonds is 5. The smallest absolute Gasteiger partial charge is 0.421 e. The molecular formula is C21H22ClF3N2O2. The molecular weight excluding hydrogens is 405 g/mol. The average Bonchev–Trinajstić information content (AvgIpc) is 2.69. The predicted molar refractivity (Wildman–Crippen MR) is 105 cm³/mol. The van der Waals surface area contributed by atoms with Crippen LogP contribution in [0.5, 0.6) is 5.75 Å². The van der Waals surface area contributed by atoms with E-state index >= 15 is 0 Å². The molecule has 1 saturated carbocycles. The highest BCUT2D eigenvalue weighted by Crippen LogP contribution is 2.38. The molecule has 1 aliphatic carbocycles. The Balaban J connectivity index is 1.54. The van der Waals surface area contributed by atoms with Crippen molar-refractivity contribution in [3.8, 4) is 5.75 Å². The summed E-state index contributed by atoms with van der Waals surface area (Å²) in [5.41, 5.74) is -0.182. The first-order valence-corrected chi connectivity index (χ1v) is 9.86. The third-order valence-electron chi connectivity index (χ3n) is 5.33. The summed E-state index contributed by atoms with van der Waals surface area (Å²) in [5.74, 6) is -0.324. The molecule has 1 aromatic heterocycles. The van der Waals surface area contributed by atoms with Crippen molar-refractivity contribution in [1.82, 2.24) is 4.98 Å². The Morgan fingerprint density at radius 1 is 1.17 bits per heavy atom. The summed E-state index contributed by atoms with van der Waals surface area (Å²) in [6, 6.07) is 8.14. The van der Waals surface area contributed by atoms with E-state index in [1.54, 1.807) is 24.3 Å². The van der Waals surface area contributed by atoms with E-state index in [1.807, 2.05) is 6.92 Å². The van der Waals surface area contributed by atoms with Gasteiger partial charge in [0.15, 0.2) is 0 Å². The Bertz CT molecular complexity index is 835. The molecule has 1 aliphatic rings. The van der Waals surface area contributed by atoms with E-state index in [-0.39, 0.29) is 29.6 Å². The van der Waals surface area contributed by atoms with Crippen molar-refractivity contribution in [1.29, 1.82) is 0 Å². The number of nitrogens with zero attached hydrogens (tertiary/aromatic N) is 1. The number of ether oxygens (including phenoxy) is 1. The van der Waals surface area contributed by atoms with Crippen LogP contribution in [0, 0.1) is 11.8 Å². The SMILES string of the molecule is CC(C(=O)Nc1ccc(Cl)cc1)[C@H]1CC[C@H](Oc2ccncc2C(F)(F)F)CC1. The highest BCUT2D eigenvalue weighted by Gasteiger charge is 2.36. The molecule has 0 saturated heterocycles. The molecule has 8 heteroatoms. The summed E-state index contributed by atoms with van der Waals surface area (Å²) in [5, 5.41) is 3.48. The molecule has 29 heavy (non-hydrogen) atoms. The molecule has 1 amide bonds. The van der Waals surface area contributed by atoms with E-state index in [4.69, 9.17) is 16.3 Å². The summed E-state index contributed by atoms with van der Waals surface area (Å²) >= 11 is 5.85. The van der Waals surface area contributed by atoms with Crippen molar-refractivity contribution >= 4 is 23.2 Å². The maximum Gasteiger partial charge on any atom is 0.421 e. The minimum Gasteiger partial charge on any atom is -0.490 e. The molecule has 1 heterocycles. The monoisotopic (exact) mass is 426 g/mol. The molecule has 0 aliphatic heterocycles. The Morgan fingerprint density at radius 2 is 1.83 bits per heavy atom. The van der Waals surface area contributed by atoms with Crippen LogP contribution in [0.15, 0.2) is 42.7 Å². The fraction of sp³-hybridized carbons (Fsp3) is 0.429. The molecule has 3 rings (SSSR count). The van der Waals surface area contributed by atoms with Gasteiger partial charge in [-0.15, -0.1) is 0 Å². The topological polar surface area (TPSA) is 51.2 Å². The second-order valence-electron chi connectivity index (χ2n) is 7.31. The summed E-state index contributed by atoms with van der Waals surface area (Å²) in [4.78, 5) is 16.1. The summed E-state index contributed by atoms with van der Waals surface area (Å²) in [6.07, 6.45) is -0.107. The van der Waals surface area contributed by atoms with Gasteiger partial charge >= 0.3 is 6.18 Å². The van der Waals surface area contributed by atoms with Crippen molar-refractivity contribution in [3.63, 3.8) is 0 Å². The number of anilines is 1. The lowest BCUT2D eigenvalue weighted by molar-refractivity contribution is -0.139. The first-order chi connectivity index (χ1) is 13.7. The second-order valence-corrected chi connectivity index (χ2v) is 7.75. The van der Waals surface area contributed by atoms with Crippen LogP contribution in [0.2, 0.25) is 5.02 Å². The number of nitrogens with one attached hydrogen (secondary N) is 1. The number of aromatic nitrogens is 1. The van der Waals surface area contributed by atoms with E-state index in [9.17, 15) is 18.0 Å². The summed E-state index contributed by atoms with van der Waals surface area (Å²) in [7, 11) is 0. The third-order valence-corrected chi connectivity index (χ3v) is 5.58. The van der Waals surface area contributed by atoms with Gasteiger partial charge in [0, 0.05) is 29.0 Å². The number of pyridine rings is 1. The number of benzene rings is 1. The van der Waals surface area contributed by atoms with Gasteiger partial charge in [-0.25, -0.2) is 0 Å². The molecule has 0 spiro atoms. The molecule has 1 aromatic carbocycles. The van der Waals surface area contributed by atoms with Crippen molar-refractivity contribution in [2.45, 2.75) is 44.9 Å². The van der Waals surface area contributed by atoms with Crippen LogP contribution in [0.3, 0.4) is 0 Å². The van der Waals surface area contributed by atoms with Gasteiger partial charge in [0.2, 0.25) is 5.91 Å². The zero-order valence-electron chi connectivity index (χ0n) is 15.9. The molecule has 4 nitrogen and oxygen atoms in total. The van der Waals surface area contributed by atoms with E-state index < -0.39 is 11.7 Å². The van der Waals surface area contributed by atoms with Crippen molar-refractivity contribution in [2.24, 2.45) is 11.8 Å². The Morgan fingerprint density at radius 3 is 2.45 bits per heavy atom. The Hall–Kier alpha value is -2.28. The van der Waals surface area contributed by atoms with Crippen LogP contribution >= 0.6 is 11.6 Å². The fourth-order valence-corrected chi connectivity index (χ4v) is 3.71. The maximum atomic E-state index is 13.1. The van der Waals surface area contributed by atoms with E-state index in [1.165, 1.54) is 12.3 Å². The van der Waals surface area contributed by atoms with Crippen molar-refractivity contribution in [3.05, 3.63) is 53.3 Å². The van der Waals surface area contributed by atoms with E-state index in [2.05, 4.69) is 10.3 Å².